The number of likely N-dealkylation sites (tertiary alicyclic amines) is 1. The van der Waals surface area contributed by atoms with Gasteiger partial charge in [0.25, 0.3) is 0 Å². The van der Waals surface area contributed by atoms with Gasteiger partial charge in [0.2, 0.25) is 11.8 Å². The van der Waals surface area contributed by atoms with Crippen LogP contribution in [0.1, 0.15) is 57.2 Å². The van der Waals surface area contributed by atoms with Crippen LogP contribution in [0.25, 0.3) is 10.8 Å². The summed E-state index contributed by atoms with van der Waals surface area (Å²) in [4.78, 5) is 32.0. The lowest BCUT2D eigenvalue weighted by Crippen LogP contribution is -2.58. The molecule has 39 heavy (non-hydrogen) atoms. The molecule has 3 aromatic carbocycles. The fraction of sp³-hybridized carbons (Fsp3) is 0.455. The van der Waals surface area contributed by atoms with E-state index < -0.39 is 0 Å². The van der Waals surface area contributed by atoms with Gasteiger partial charge >= 0.3 is 0 Å². The van der Waals surface area contributed by atoms with E-state index in [-0.39, 0.29) is 23.9 Å². The van der Waals surface area contributed by atoms with Gasteiger partial charge in [0.1, 0.15) is 0 Å². The van der Waals surface area contributed by atoms with Gasteiger partial charge in [-0.3, -0.25) is 14.5 Å². The van der Waals surface area contributed by atoms with Gasteiger partial charge in [-0.25, -0.2) is 0 Å². The monoisotopic (exact) mass is 545 g/mol. The zero-order valence-electron chi connectivity index (χ0n) is 23.4. The maximum Gasteiger partial charge on any atom is 0.223 e. The topological polar surface area (TPSA) is 43.9 Å². The van der Waals surface area contributed by atoms with E-state index in [0.29, 0.717) is 18.3 Å². The number of rotatable bonds is 6. The summed E-state index contributed by atoms with van der Waals surface area (Å²) in [6.45, 7) is 9.99. The number of hydrogen-bond donors (Lipinski definition) is 0. The third kappa shape index (κ3) is 6.15. The van der Waals surface area contributed by atoms with Crippen LogP contribution in [0.3, 0.4) is 0 Å². The van der Waals surface area contributed by atoms with Crippen LogP contribution in [0.5, 0.6) is 0 Å². The second kappa shape index (κ2) is 12.1. The van der Waals surface area contributed by atoms with E-state index in [4.69, 9.17) is 11.6 Å². The minimum absolute atomic E-state index is 0.0720. The van der Waals surface area contributed by atoms with Crippen LogP contribution in [-0.2, 0) is 9.59 Å². The standard InChI is InChI=1S/C33H40ClN3O2/c1-23(2)31-22-36(19-20-37(31)32(39)21-25-15-17-35(18-16-25)24(3)38)33(27-11-13-28(34)14-12-27)30-10-6-8-26-7-4-5-9-29(26)30/h4-14,23,25,31,33H,15-22H2,1-3H3/t31-,33?/m1/s1. The normalized spacial score (nSPS) is 20.0. The smallest absolute Gasteiger partial charge is 0.223 e. The number of carbonyl (C=O) groups is 2. The van der Waals surface area contributed by atoms with Crippen molar-refractivity contribution in [2.45, 2.75) is 52.1 Å². The van der Waals surface area contributed by atoms with Crippen molar-refractivity contribution in [3.63, 3.8) is 0 Å². The Hall–Kier alpha value is -2.89. The zero-order valence-corrected chi connectivity index (χ0v) is 24.1. The van der Waals surface area contributed by atoms with E-state index in [1.807, 2.05) is 17.0 Å². The molecule has 2 aliphatic rings. The molecule has 2 saturated heterocycles. The van der Waals surface area contributed by atoms with E-state index in [1.54, 1.807) is 6.92 Å². The van der Waals surface area contributed by atoms with Crippen LogP contribution in [0, 0.1) is 11.8 Å². The first-order chi connectivity index (χ1) is 18.8. The van der Waals surface area contributed by atoms with Gasteiger partial charge in [-0.2, -0.15) is 0 Å². The number of halogens is 1. The molecule has 206 valence electrons. The molecule has 1 unspecified atom stereocenters. The maximum atomic E-state index is 13.6. The van der Waals surface area contributed by atoms with Crippen molar-refractivity contribution in [1.29, 1.82) is 0 Å². The molecular formula is C33H40ClN3O2. The van der Waals surface area contributed by atoms with Gasteiger partial charge < -0.3 is 9.80 Å². The van der Waals surface area contributed by atoms with E-state index >= 15 is 0 Å². The first kappa shape index (κ1) is 27.7. The van der Waals surface area contributed by atoms with Crippen LogP contribution < -0.4 is 0 Å². The van der Waals surface area contributed by atoms with Gasteiger partial charge in [0.05, 0.1) is 6.04 Å². The molecular weight excluding hydrogens is 506 g/mol. The average molecular weight is 546 g/mol. The van der Waals surface area contributed by atoms with Crippen LogP contribution in [0.15, 0.2) is 66.7 Å². The highest BCUT2D eigenvalue weighted by Gasteiger charge is 2.37. The van der Waals surface area contributed by atoms with E-state index in [9.17, 15) is 9.59 Å². The van der Waals surface area contributed by atoms with E-state index in [2.05, 4.69) is 78.2 Å². The first-order valence-corrected chi connectivity index (χ1v) is 14.7. The molecule has 0 radical (unpaired) electrons. The molecule has 3 aromatic rings. The Morgan fingerprint density at radius 3 is 2.28 bits per heavy atom. The summed E-state index contributed by atoms with van der Waals surface area (Å²) in [5, 5.41) is 3.23. The van der Waals surface area contributed by atoms with Gasteiger partial charge in [-0.15, -0.1) is 0 Å². The zero-order chi connectivity index (χ0) is 27.5. The largest absolute Gasteiger partial charge is 0.343 e. The van der Waals surface area contributed by atoms with Crippen molar-refractivity contribution in [1.82, 2.24) is 14.7 Å². The second-order valence-corrected chi connectivity index (χ2v) is 12.0. The fourth-order valence-electron chi connectivity index (χ4n) is 6.48. The third-order valence-corrected chi connectivity index (χ3v) is 8.98. The van der Waals surface area contributed by atoms with E-state index in [1.165, 1.54) is 21.9 Å². The third-order valence-electron chi connectivity index (χ3n) is 8.73. The lowest BCUT2D eigenvalue weighted by molar-refractivity contribution is -0.139. The molecule has 0 saturated carbocycles. The Labute approximate surface area is 237 Å². The van der Waals surface area contributed by atoms with Crippen molar-refractivity contribution < 1.29 is 9.59 Å². The molecule has 0 spiro atoms. The molecule has 2 heterocycles. The number of amides is 2. The van der Waals surface area contributed by atoms with Crippen molar-refractivity contribution >= 4 is 34.2 Å². The lowest BCUT2D eigenvalue weighted by atomic mass is 9.89. The van der Waals surface area contributed by atoms with E-state index in [0.717, 1.165) is 50.6 Å². The lowest BCUT2D eigenvalue weighted by Gasteiger charge is -2.47. The van der Waals surface area contributed by atoms with Crippen LogP contribution in [0.4, 0.5) is 0 Å². The average Bonchev–Trinajstić information content (AvgIpc) is 2.94. The van der Waals surface area contributed by atoms with Crippen LogP contribution in [0.2, 0.25) is 5.02 Å². The Morgan fingerprint density at radius 1 is 0.897 bits per heavy atom. The number of carbonyl (C=O) groups excluding carboxylic acids is 2. The highest BCUT2D eigenvalue weighted by Crippen LogP contribution is 2.36. The Bertz CT molecular complexity index is 1290. The molecule has 0 aromatic heterocycles. The molecule has 0 N–H and O–H groups in total. The van der Waals surface area contributed by atoms with Gasteiger partial charge in [0.15, 0.2) is 0 Å². The fourth-order valence-corrected chi connectivity index (χ4v) is 6.61. The Morgan fingerprint density at radius 2 is 1.59 bits per heavy atom. The summed E-state index contributed by atoms with van der Waals surface area (Å²) in [6.07, 6.45) is 2.41. The number of piperidine rings is 1. The summed E-state index contributed by atoms with van der Waals surface area (Å²) in [5.41, 5.74) is 2.50. The van der Waals surface area contributed by atoms with Crippen LogP contribution >= 0.6 is 11.6 Å². The van der Waals surface area contributed by atoms with Crippen LogP contribution in [-0.4, -0.2) is 65.3 Å². The summed E-state index contributed by atoms with van der Waals surface area (Å²) in [6, 6.07) is 23.6. The number of nitrogens with zero attached hydrogens (tertiary/aromatic N) is 3. The number of piperazine rings is 1. The molecule has 0 aliphatic carbocycles. The van der Waals surface area contributed by atoms with Gasteiger partial charge in [0, 0.05) is 57.1 Å². The summed E-state index contributed by atoms with van der Waals surface area (Å²) in [7, 11) is 0. The Kier molecular flexibility index (Phi) is 8.58. The molecule has 5 rings (SSSR count). The predicted molar refractivity (Wildman–Crippen MR) is 159 cm³/mol. The molecule has 6 heteroatoms. The van der Waals surface area contributed by atoms with Crippen molar-refractivity contribution in [3.8, 4) is 0 Å². The minimum Gasteiger partial charge on any atom is -0.343 e. The minimum atomic E-state index is 0.0720. The molecule has 2 fully saturated rings. The maximum absolute atomic E-state index is 13.6. The number of hydrogen-bond acceptors (Lipinski definition) is 3. The first-order valence-electron chi connectivity index (χ1n) is 14.3. The molecule has 2 atom stereocenters. The predicted octanol–water partition coefficient (Wildman–Crippen LogP) is 6.40. The quantitative estimate of drug-likeness (QED) is 0.360. The number of benzene rings is 3. The van der Waals surface area contributed by atoms with Gasteiger partial charge in [-0.05, 0) is 58.7 Å². The summed E-state index contributed by atoms with van der Waals surface area (Å²) >= 11 is 6.29. The second-order valence-electron chi connectivity index (χ2n) is 11.6. The molecule has 2 amide bonds. The van der Waals surface area contributed by atoms with Crippen molar-refractivity contribution in [3.05, 3.63) is 82.9 Å². The van der Waals surface area contributed by atoms with Crippen molar-refractivity contribution in [2.24, 2.45) is 11.8 Å². The molecule has 5 nitrogen and oxygen atoms in total. The summed E-state index contributed by atoms with van der Waals surface area (Å²) in [5.74, 6) is 1.10. The van der Waals surface area contributed by atoms with Gasteiger partial charge in [-0.1, -0.05) is 80.0 Å². The number of fused-ring (bicyclic) bond motifs is 1. The molecule has 2 aliphatic heterocycles. The molecule has 0 bridgehead atoms. The Balaban J connectivity index is 1.39. The summed E-state index contributed by atoms with van der Waals surface area (Å²) < 4.78 is 0. The highest BCUT2D eigenvalue weighted by molar-refractivity contribution is 6.30. The highest BCUT2D eigenvalue weighted by atomic mass is 35.5. The van der Waals surface area contributed by atoms with Crippen molar-refractivity contribution in [2.75, 3.05) is 32.7 Å². The SMILES string of the molecule is CC(=O)N1CCC(CC(=O)N2CCN(C(c3ccc(Cl)cc3)c3cccc4ccccc34)C[C@@H]2C(C)C)CC1.